The lowest BCUT2D eigenvalue weighted by atomic mass is 10.2. The van der Waals surface area contributed by atoms with E-state index in [4.69, 9.17) is 4.74 Å². The second kappa shape index (κ2) is 6.91. The number of ether oxygens (including phenoxy) is 1. The summed E-state index contributed by atoms with van der Waals surface area (Å²) in [7, 11) is 0. The van der Waals surface area contributed by atoms with E-state index in [1.54, 1.807) is 24.5 Å². The Kier molecular flexibility index (Phi) is 4.52. The van der Waals surface area contributed by atoms with Gasteiger partial charge in [-0.25, -0.2) is 4.98 Å². The Bertz CT molecular complexity index is 799. The Balaban J connectivity index is 1.63. The number of nitrogens with one attached hydrogen (secondary N) is 1. The highest BCUT2D eigenvalue weighted by molar-refractivity contribution is 5.93. The molecular weight excluding hydrogens is 292 g/mol. The Morgan fingerprint density at radius 3 is 3.04 bits per heavy atom. The van der Waals surface area contributed by atoms with E-state index in [1.165, 1.54) is 0 Å². The molecule has 1 amide bonds. The van der Waals surface area contributed by atoms with Crippen molar-refractivity contribution in [1.82, 2.24) is 19.7 Å². The zero-order valence-corrected chi connectivity index (χ0v) is 12.9. The first kappa shape index (κ1) is 15.0. The molecule has 0 bridgehead atoms. The molecule has 0 radical (unpaired) electrons. The summed E-state index contributed by atoms with van der Waals surface area (Å²) >= 11 is 0. The Morgan fingerprint density at radius 2 is 2.26 bits per heavy atom. The van der Waals surface area contributed by atoms with Crippen molar-refractivity contribution in [3.8, 4) is 5.75 Å². The number of aromatic nitrogens is 3. The van der Waals surface area contributed by atoms with E-state index < -0.39 is 0 Å². The standard InChI is InChI=1S/C17H18N4O2/c1-2-23-15-6-4-10-21-12-14(20-16(15)21)7-9-19-17(22)13-5-3-8-18-11-13/h3-6,8,10-12H,2,7,9H2,1H3,(H,19,22). The van der Waals surface area contributed by atoms with E-state index in [0.29, 0.717) is 25.1 Å². The molecule has 3 rings (SSSR count). The summed E-state index contributed by atoms with van der Waals surface area (Å²) in [6.45, 7) is 3.06. The van der Waals surface area contributed by atoms with Crippen LogP contribution >= 0.6 is 0 Å². The highest BCUT2D eigenvalue weighted by atomic mass is 16.5. The third-order valence-corrected chi connectivity index (χ3v) is 3.39. The van der Waals surface area contributed by atoms with Gasteiger partial charge in [-0.2, -0.15) is 0 Å². The number of imidazole rings is 1. The number of carbonyl (C=O) groups excluding carboxylic acids is 1. The lowest BCUT2D eigenvalue weighted by Crippen LogP contribution is -2.25. The van der Waals surface area contributed by atoms with Gasteiger partial charge in [0.1, 0.15) is 0 Å². The molecule has 1 N–H and O–H groups in total. The minimum atomic E-state index is -0.128. The SMILES string of the molecule is CCOc1cccn2cc(CCNC(=O)c3cccnc3)nc12. The number of pyridine rings is 2. The average Bonchev–Trinajstić information content (AvgIpc) is 3.00. The Morgan fingerprint density at radius 1 is 1.35 bits per heavy atom. The lowest BCUT2D eigenvalue weighted by molar-refractivity contribution is 0.0953. The summed E-state index contributed by atoms with van der Waals surface area (Å²) in [5.41, 5.74) is 2.26. The van der Waals surface area contributed by atoms with Crippen molar-refractivity contribution in [2.75, 3.05) is 13.2 Å². The van der Waals surface area contributed by atoms with Crippen molar-refractivity contribution in [3.63, 3.8) is 0 Å². The van der Waals surface area contributed by atoms with Gasteiger partial charge in [-0.3, -0.25) is 9.78 Å². The number of fused-ring (bicyclic) bond motifs is 1. The van der Waals surface area contributed by atoms with Gasteiger partial charge >= 0.3 is 0 Å². The van der Waals surface area contributed by atoms with Crippen LogP contribution in [0.5, 0.6) is 5.75 Å². The summed E-state index contributed by atoms with van der Waals surface area (Å²) in [6, 6.07) is 7.31. The van der Waals surface area contributed by atoms with Crippen LogP contribution in [0.1, 0.15) is 23.0 Å². The van der Waals surface area contributed by atoms with Crippen molar-refractivity contribution < 1.29 is 9.53 Å². The van der Waals surface area contributed by atoms with E-state index in [1.807, 2.05) is 35.9 Å². The first-order chi connectivity index (χ1) is 11.3. The third-order valence-electron chi connectivity index (χ3n) is 3.39. The summed E-state index contributed by atoms with van der Waals surface area (Å²) in [5.74, 6) is 0.637. The molecule has 6 heteroatoms. The Labute approximate surface area is 134 Å². The molecule has 0 fully saturated rings. The van der Waals surface area contributed by atoms with Gasteiger partial charge in [-0.1, -0.05) is 0 Å². The van der Waals surface area contributed by atoms with Gasteiger partial charge in [0.2, 0.25) is 0 Å². The van der Waals surface area contributed by atoms with Crippen LogP contribution in [-0.4, -0.2) is 33.4 Å². The average molecular weight is 310 g/mol. The fourth-order valence-electron chi connectivity index (χ4n) is 2.33. The normalized spacial score (nSPS) is 10.7. The van der Waals surface area contributed by atoms with Crippen molar-refractivity contribution in [2.24, 2.45) is 0 Å². The van der Waals surface area contributed by atoms with Gasteiger partial charge in [0.05, 0.1) is 17.9 Å². The van der Waals surface area contributed by atoms with Crippen LogP contribution in [0, 0.1) is 0 Å². The minimum absolute atomic E-state index is 0.128. The van der Waals surface area contributed by atoms with Crippen LogP contribution < -0.4 is 10.1 Å². The van der Waals surface area contributed by atoms with Crippen LogP contribution in [0.15, 0.2) is 49.1 Å². The smallest absolute Gasteiger partial charge is 0.252 e. The maximum Gasteiger partial charge on any atom is 0.252 e. The molecule has 0 aliphatic heterocycles. The number of nitrogens with zero attached hydrogens (tertiary/aromatic N) is 3. The highest BCUT2D eigenvalue weighted by Gasteiger charge is 2.08. The van der Waals surface area contributed by atoms with Gasteiger partial charge in [0, 0.05) is 37.8 Å². The zero-order valence-electron chi connectivity index (χ0n) is 12.9. The van der Waals surface area contributed by atoms with Crippen molar-refractivity contribution in [1.29, 1.82) is 0 Å². The molecule has 0 aliphatic rings. The maximum absolute atomic E-state index is 11.9. The molecule has 0 saturated carbocycles. The molecule has 0 atom stereocenters. The van der Waals surface area contributed by atoms with E-state index in [2.05, 4.69) is 15.3 Å². The number of hydrogen-bond acceptors (Lipinski definition) is 4. The third kappa shape index (κ3) is 3.48. The molecule has 3 aromatic rings. The fourth-order valence-corrected chi connectivity index (χ4v) is 2.33. The molecule has 23 heavy (non-hydrogen) atoms. The molecule has 6 nitrogen and oxygen atoms in total. The molecule has 3 aromatic heterocycles. The van der Waals surface area contributed by atoms with Crippen LogP contribution in [0.3, 0.4) is 0 Å². The van der Waals surface area contributed by atoms with E-state index in [9.17, 15) is 4.79 Å². The first-order valence-electron chi connectivity index (χ1n) is 7.55. The predicted molar refractivity (Wildman–Crippen MR) is 86.6 cm³/mol. The topological polar surface area (TPSA) is 68.5 Å². The fraction of sp³-hybridized carbons (Fsp3) is 0.235. The van der Waals surface area contributed by atoms with Crippen molar-refractivity contribution in [3.05, 3.63) is 60.3 Å². The zero-order chi connectivity index (χ0) is 16.1. The maximum atomic E-state index is 11.9. The molecule has 0 aromatic carbocycles. The molecule has 0 saturated heterocycles. The summed E-state index contributed by atoms with van der Waals surface area (Å²) in [5, 5.41) is 2.87. The minimum Gasteiger partial charge on any atom is -0.490 e. The summed E-state index contributed by atoms with van der Waals surface area (Å²) < 4.78 is 7.51. The van der Waals surface area contributed by atoms with Crippen molar-refractivity contribution >= 4 is 11.6 Å². The van der Waals surface area contributed by atoms with Crippen molar-refractivity contribution in [2.45, 2.75) is 13.3 Å². The van der Waals surface area contributed by atoms with Gasteiger partial charge in [-0.15, -0.1) is 0 Å². The molecular formula is C17H18N4O2. The molecule has 0 aliphatic carbocycles. The second-order valence-electron chi connectivity index (χ2n) is 5.02. The number of rotatable bonds is 6. The second-order valence-corrected chi connectivity index (χ2v) is 5.02. The molecule has 0 spiro atoms. The number of hydrogen-bond donors (Lipinski definition) is 1. The van der Waals surface area contributed by atoms with Gasteiger partial charge in [0.15, 0.2) is 11.4 Å². The van der Waals surface area contributed by atoms with Crippen LogP contribution in [0.2, 0.25) is 0 Å². The van der Waals surface area contributed by atoms with Gasteiger partial charge in [-0.05, 0) is 31.2 Å². The molecule has 0 unspecified atom stereocenters. The largest absolute Gasteiger partial charge is 0.490 e. The predicted octanol–water partition coefficient (Wildman–Crippen LogP) is 2.10. The summed E-state index contributed by atoms with van der Waals surface area (Å²) in [4.78, 5) is 20.5. The van der Waals surface area contributed by atoms with Crippen LogP contribution in [0.4, 0.5) is 0 Å². The number of amides is 1. The van der Waals surface area contributed by atoms with Crippen LogP contribution in [-0.2, 0) is 6.42 Å². The van der Waals surface area contributed by atoms with E-state index in [-0.39, 0.29) is 5.91 Å². The van der Waals surface area contributed by atoms with Gasteiger partial charge in [0.25, 0.3) is 5.91 Å². The van der Waals surface area contributed by atoms with E-state index in [0.717, 1.165) is 17.1 Å². The Hall–Kier alpha value is -2.89. The monoisotopic (exact) mass is 310 g/mol. The molecule has 118 valence electrons. The number of carbonyl (C=O) groups is 1. The lowest BCUT2D eigenvalue weighted by Gasteiger charge is -2.03. The van der Waals surface area contributed by atoms with Crippen LogP contribution in [0.25, 0.3) is 5.65 Å². The quantitative estimate of drug-likeness (QED) is 0.757. The summed E-state index contributed by atoms with van der Waals surface area (Å²) in [6.07, 6.45) is 7.73. The molecule has 3 heterocycles. The first-order valence-corrected chi connectivity index (χ1v) is 7.55. The van der Waals surface area contributed by atoms with Gasteiger partial charge < -0.3 is 14.5 Å². The highest BCUT2D eigenvalue weighted by Crippen LogP contribution is 2.18. The van der Waals surface area contributed by atoms with E-state index >= 15 is 0 Å².